The Hall–Kier alpha value is -0.770. The second kappa shape index (κ2) is 7.30. The molecule has 0 bridgehead atoms. The van der Waals surface area contributed by atoms with E-state index in [-0.39, 0.29) is 6.10 Å². The van der Waals surface area contributed by atoms with E-state index in [9.17, 15) is 4.79 Å². The summed E-state index contributed by atoms with van der Waals surface area (Å²) in [6, 6.07) is 4.79. The van der Waals surface area contributed by atoms with E-state index < -0.39 is 5.97 Å². The molecular formula is C15H19Cl2NO2. The molecule has 2 rings (SSSR count). The van der Waals surface area contributed by atoms with Crippen molar-refractivity contribution in [3.05, 3.63) is 33.8 Å². The summed E-state index contributed by atoms with van der Waals surface area (Å²) >= 11 is 11.8. The van der Waals surface area contributed by atoms with Crippen LogP contribution in [0, 0.1) is 0 Å². The molecule has 1 atom stereocenters. The maximum absolute atomic E-state index is 12.1. The largest absolute Gasteiger partial charge is 0.458 e. The number of ether oxygens (including phenoxy) is 1. The Morgan fingerprint density at radius 1 is 1.30 bits per heavy atom. The van der Waals surface area contributed by atoms with E-state index in [1.165, 1.54) is 19.3 Å². The lowest BCUT2D eigenvalue weighted by molar-refractivity contribution is 0.0236. The average Bonchev–Trinajstić information content (AvgIpc) is 2.39. The Labute approximate surface area is 129 Å². The van der Waals surface area contributed by atoms with Crippen LogP contribution in [0.2, 0.25) is 10.0 Å². The first-order chi connectivity index (χ1) is 9.56. The fraction of sp³-hybridized carbons (Fsp3) is 0.533. The van der Waals surface area contributed by atoms with E-state index >= 15 is 0 Å². The summed E-state index contributed by atoms with van der Waals surface area (Å²) in [5, 5.41) is 0.834. The molecule has 3 nitrogen and oxygen atoms in total. The number of hydrogen-bond acceptors (Lipinski definition) is 3. The first-order valence-corrected chi connectivity index (χ1v) is 7.70. The van der Waals surface area contributed by atoms with Crippen LogP contribution in [0.25, 0.3) is 0 Å². The molecule has 1 fully saturated rings. The molecule has 0 amide bonds. The van der Waals surface area contributed by atoms with Gasteiger partial charge in [-0.1, -0.05) is 29.6 Å². The molecule has 0 aliphatic carbocycles. The van der Waals surface area contributed by atoms with Gasteiger partial charge in [-0.25, -0.2) is 4.79 Å². The topological polar surface area (TPSA) is 29.5 Å². The summed E-state index contributed by atoms with van der Waals surface area (Å²) in [4.78, 5) is 14.4. The first kappa shape index (κ1) is 15.6. The van der Waals surface area contributed by atoms with Crippen molar-refractivity contribution in [3.8, 4) is 0 Å². The third kappa shape index (κ3) is 4.37. The van der Waals surface area contributed by atoms with Crippen molar-refractivity contribution in [2.75, 3.05) is 19.6 Å². The van der Waals surface area contributed by atoms with Gasteiger partial charge in [0.05, 0.1) is 10.6 Å². The van der Waals surface area contributed by atoms with E-state index in [4.69, 9.17) is 27.9 Å². The number of carbonyl (C=O) groups is 1. The van der Waals surface area contributed by atoms with Crippen molar-refractivity contribution in [1.29, 1.82) is 0 Å². The Kier molecular flexibility index (Phi) is 5.70. The minimum Gasteiger partial charge on any atom is -0.458 e. The maximum atomic E-state index is 12.1. The Morgan fingerprint density at radius 2 is 2.00 bits per heavy atom. The van der Waals surface area contributed by atoms with Crippen LogP contribution in [0.4, 0.5) is 0 Å². The molecule has 0 radical (unpaired) electrons. The number of nitrogens with zero attached hydrogens (tertiary/aromatic N) is 1. The van der Waals surface area contributed by atoms with Crippen LogP contribution in [0.5, 0.6) is 0 Å². The van der Waals surface area contributed by atoms with Gasteiger partial charge in [0.2, 0.25) is 0 Å². The highest BCUT2D eigenvalue weighted by atomic mass is 35.5. The van der Waals surface area contributed by atoms with Gasteiger partial charge in [-0.3, -0.25) is 4.90 Å². The smallest absolute Gasteiger partial charge is 0.339 e. The summed E-state index contributed by atoms with van der Waals surface area (Å²) in [6.07, 6.45) is 3.60. The zero-order valence-corrected chi connectivity index (χ0v) is 13.1. The van der Waals surface area contributed by atoms with Gasteiger partial charge in [-0.05, 0) is 51.1 Å². The van der Waals surface area contributed by atoms with Gasteiger partial charge in [0, 0.05) is 11.6 Å². The quantitative estimate of drug-likeness (QED) is 0.786. The summed E-state index contributed by atoms with van der Waals surface area (Å²) in [5.74, 6) is -0.392. The summed E-state index contributed by atoms with van der Waals surface area (Å²) in [6.45, 7) is 4.86. The van der Waals surface area contributed by atoms with Gasteiger partial charge in [0.1, 0.15) is 6.10 Å². The Bertz CT molecular complexity index is 473. The monoisotopic (exact) mass is 315 g/mol. The molecule has 0 N–H and O–H groups in total. The molecule has 1 aromatic rings. The molecule has 1 aliphatic heterocycles. The molecular weight excluding hydrogens is 297 g/mol. The highest BCUT2D eigenvalue weighted by Gasteiger charge is 2.18. The fourth-order valence-corrected chi connectivity index (χ4v) is 2.93. The maximum Gasteiger partial charge on any atom is 0.339 e. The number of esters is 1. The van der Waals surface area contributed by atoms with Crippen molar-refractivity contribution >= 4 is 29.2 Å². The van der Waals surface area contributed by atoms with E-state index in [1.54, 1.807) is 18.2 Å². The molecule has 5 heteroatoms. The van der Waals surface area contributed by atoms with Gasteiger partial charge in [0.15, 0.2) is 0 Å². The first-order valence-electron chi connectivity index (χ1n) is 6.94. The number of benzene rings is 1. The van der Waals surface area contributed by atoms with Crippen molar-refractivity contribution in [2.24, 2.45) is 0 Å². The summed E-state index contributed by atoms with van der Waals surface area (Å²) < 4.78 is 5.45. The lowest BCUT2D eigenvalue weighted by Gasteiger charge is -2.28. The predicted molar refractivity (Wildman–Crippen MR) is 81.6 cm³/mol. The van der Waals surface area contributed by atoms with E-state index in [2.05, 4.69) is 4.90 Å². The Balaban J connectivity index is 1.89. The molecule has 0 saturated carbocycles. The van der Waals surface area contributed by atoms with Crippen molar-refractivity contribution in [2.45, 2.75) is 32.3 Å². The van der Waals surface area contributed by atoms with E-state index in [1.807, 2.05) is 6.92 Å². The van der Waals surface area contributed by atoms with Crippen LogP contribution < -0.4 is 0 Å². The molecule has 0 spiro atoms. The molecule has 0 aromatic heterocycles. The van der Waals surface area contributed by atoms with Crippen LogP contribution in [0.1, 0.15) is 36.5 Å². The minimum absolute atomic E-state index is 0.146. The summed E-state index contributed by atoms with van der Waals surface area (Å²) in [7, 11) is 0. The van der Waals surface area contributed by atoms with Gasteiger partial charge >= 0.3 is 5.97 Å². The predicted octanol–water partition coefficient (Wildman–Crippen LogP) is 4.02. The van der Waals surface area contributed by atoms with Crippen LogP contribution in [0.3, 0.4) is 0 Å². The zero-order chi connectivity index (χ0) is 14.5. The second-order valence-electron chi connectivity index (χ2n) is 5.20. The second-order valence-corrected chi connectivity index (χ2v) is 6.04. The fourth-order valence-electron chi connectivity index (χ4n) is 2.44. The van der Waals surface area contributed by atoms with Gasteiger partial charge in [0.25, 0.3) is 0 Å². The van der Waals surface area contributed by atoms with Gasteiger partial charge < -0.3 is 4.74 Å². The normalized spacial score (nSPS) is 17.8. The molecule has 110 valence electrons. The van der Waals surface area contributed by atoms with E-state index in [0.29, 0.717) is 15.6 Å². The lowest BCUT2D eigenvalue weighted by Crippen LogP contribution is -2.37. The minimum atomic E-state index is -0.392. The third-order valence-corrected chi connectivity index (χ3v) is 3.97. The zero-order valence-electron chi connectivity index (χ0n) is 11.6. The van der Waals surface area contributed by atoms with Crippen molar-refractivity contribution in [3.63, 3.8) is 0 Å². The van der Waals surface area contributed by atoms with Crippen molar-refractivity contribution in [1.82, 2.24) is 4.90 Å². The summed E-state index contributed by atoms with van der Waals surface area (Å²) in [5.41, 5.74) is 0.363. The molecule has 1 aliphatic rings. The number of halogens is 2. The lowest BCUT2D eigenvalue weighted by atomic mass is 10.1. The molecule has 1 aromatic carbocycles. The molecule has 0 unspecified atom stereocenters. The van der Waals surface area contributed by atoms with Crippen molar-refractivity contribution < 1.29 is 9.53 Å². The van der Waals surface area contributed by atoms with E-state index in [0.717, 1.165) is 19.6 Å². The van der Waals surface area contributed by atoms with Crippen LogP contribution in [0.15, 0.2) is 18.2 Å². The molecule has 20 heavy (non-hydrogen) atoms. The Morgan fingerprint density at radius 3 is 2.65 bits per heavy atom. The van der Waals surface area contributed by atoms with Gasteiger partial charge in [-0.15, -0.1) is 0 Å². The number of likely N-dealkylation sites (tertiary alicyclic amines) is 1. The highest BCUT2D eigenvalue weighted by molar-refractivity contribution is 6.36. The average molecular weight is 316 g/mol. The number of hydrogen-bond donors (Lipinski definition) is 0. The number of rotatable bonds is 4. The SMILES string of the molecule is C[C@@H](CN1CCCCC1)OC(=O)c1ccc(Cl)cc1Cl. The number of piperidine rings is 1. The van der Waals surface area contributed by atoms with Gasteiger partial charge in [-0.2, -0.15) is 0 Å². The number of carbonyl (C=O) groups excluding carboxylic acids is 1. The van der Waals surface area contributed by atoms with Crippen LogP contribution >= 0.6 is 23.2 Å². The standard InChI is InChI=1S/C15H19Cl2NO2/c1-11(10-18-7-3-2-4-8-18)20-15(19)13-6-5-12(16)9-14(13)17/h5-6,9,11H,2-4,7-8,10H2,1H3/t11-/m0/s1. The van der Waals surface area contributed by atoms with Crippen LogP contribution in [-0.2, 0) is 4.74 Å². The highest BCUT2D eigenvalue weighted by Crippen LogP contribution is 2.22. The molecule has 1 heterocycles. The third-order valence-electron chi connectivity index (χ3n) is 3.42. The van der Waals surface area contributed by atoms with Crippen LogP contribution in [-0.4, -0.2) is 36.6 Å². The molecule has 1 saturated heterocycles.